The SMILES string of the molecule is Cc1nnsc1C(=O)N1CCN(c2ccc(-c3noc(C4CCCC4)n3)cn2)CC1. The van der Waals surface area contributed by atoms with Crippen LogP contribution in [0.25, 0.3) is 11.4 Å². The molecule has 0 radical (unpaired) electrons. The predicted molar refractivity (Wildman–Crippen MR) is 112 cm³/mol. The molecule has 0 bridgehead atoms. The first-order chi connectivity index (χ1) is 14.7. The summed E-state index contributed by atoms with van der Waals surface area (Å²) >= 11 is 1.16. The van der Waals surface area contributed by atoms with E-state index in [9.17, 15) is 4.79 Å². The second kappa shape index (κ2) is 8.10. The number of anilines is 1. The van der Waals surface area contributed by atoms with E-state index in [0.29, 0.717) is 35.4 Å². The van der Waals surface area contributed by atoms with Crippen molar-refractivity contribution < 1.29 is 9.32 Å². The second-order valence-corrected chi connectivity index (χ2v) is 8.56. The van der Waals surface area contributed by atoms with Crippen LogP contribution in [0.5, 0.6) is 0 Å². The summed E-state index contributed by atoms with van der Waals surface area (Å²) < 4.78 is 9.34. The number of nitrogens with zero attached hydrogens (tertiary/aromatic N) is 7. The van der Waals surface area contributed by atoms with Crippen molar-refractivity contribution in [2.75, 3.05) is 31.1 Å². The molecule has 3 aromatic heterocycles. The van der Waals surface area contributed by atoms with Gasteiger partial charge in [-0.05, 0) is 43.4 Å². The first kappa shape index (κ1) is 19.1. The van der Waals surface area contributed by atoms with Crippen molar-refractivity contribution in [1.82, 2.24) is 29.6 Å². The number of carbonyl (C=O) groups excluding carboxylic acids is 1. The van der Waals surface area contributed by atoms with E-state index in [1.165, 1.54) is 12.8 Å². The highest BCUT2D eigenvalue weighted by molar-refractivity contribution is 7.07. The van der Waals surface area contributed by atoms with Crippen molar-refractivity contribution in [1.29, 1.82) is 0 Å². The molecule has 30 heavy (non-hydrogen) atoms. The molecule has 1 aliphatic carbocycles. The fraction of sp³-hybridized carbons (Fsp3) is 0.500. The Kier molecular flexibility index (Phi) is 5.16. The van der Waals surface area contributed by atoms with E-state index >= 15 is 0 Å². The Morgan fingerprint density at radius 3 is 2.63 bits per heavy atom. The van der Waals surface area contributed by atoms with Crippen LogP contribution in [-0.2, 0) is 0 Å². The summed E-state index contributed by atoms with van der Waals surface area (Å²) in [5, 5.41) is 8.08. The zero-order chi connectivity index (χ0) is 20.5. The van der Waals surface area contributed by atoms with Gasteiger partial charge in [-0.25, -0.2) is 4.98 Å². The topological polar surface area (TPSA) is 101 Å². The fourth-order valence-corrected chi connectivity index (χ4v) is 4.73. The lowest BCUT2D eigenvalue weighted by atomic mass is 10.1. The Morgan fingerprint density at radius 2 is 1.97 bits per heavy atom. The quantitative estimate of drug-likeness (QED) is 0.629. The summed E-state index contributed by atoms with van der Waals surface area (Å²) in [7, 11) is 0. The first-order valence-corrected chi connectivity index (χ1v) is 11.1. The highest BCUT2D eigenvalue weighted by Crippen LogP contribution is 2.34. The van der Waals surface area contributed by atoms with Crippen LogP contribution in [0.15, 0.2) is 22.9 Å². The number of piperazine rings is 1. The maximum Gasteiger partial charge on any atom is 0.267 e. The van der Waals surface area contributed by atoms with Crippen LogP contribution in [0, 0.1) is 6.92 Å². The van der Waals surface area contributed by atoms with Gasteiger partial charge in [-0.2, -0.15) is 4.98 Å². The molecule has 1 amide bonds. The molecule has 0 atom stereocenters. The molecule has 1 saturated heterocycles. The number of aryl methyl sites for hydroxylation is 1. The lowest BCUT2D eigenvalue weighted by molar-refractivity contribution is 0.0750. The third kappa shape index (κ3) is 3.67. The van der Waals surface area contributed by atoms with Gasteiger partial charge in [-0.15, -0.1) is 5.10 Å². The molecule has 5 rings (SSSR count). The van der Waals surface area contributed by atoms with Crippen LogP contribution in [0.3, 0.4) is 0 Å². The average Bonchev–Trinajstić information content (AvgIpc) is 3.55. The second-order valence-electron chi connectivity index (χ2n) is 7.81. The Bertz CT molecular complexity index is 1020. The van der Waals surface area contributed by atoms with Gasteiger partial charge in [0.25, 0.3) is 5.91 Å². The number of amides is 1. The standard InChI is InChI=1S/C20H23N7O2S/c1-13-17(30-25-23-13)20(28)27-10-8-26(9-11-27)16-7-6-15(12-21-16)18-22-19(29-24-18)14-4-2-3-5-14/h6-7,12,14H,2-5,8-11H2,1H3. The smallest absolute Gasteiger partial charge is 0.267 e. The third-order valence-electron chi connectivity index (χ3n) is 5.89. The number of rotatable bonds is 4. The highest BCUT2D eigenvalue weighted by Gasteiger charge is 2.26. The Balaban J connectivity index is 1.21. The molecule has 0 spiro atoms. The molecule has 1 saturated carbocycles. The number of aromatic nitrogens is 5. The normalized spacial score (nSPS) is 17.6. The van der Waals surface area contributed by atoms with E-state index in [1.807, 2.05) is 24.0 Å². The Labute approximate surface area is 178 Å². The fourth-order valence-electron chi connectivity index (χ4n) is 4.11. The maximum absolute atomic E-state index is 12.6. The van der Waals surface area contributed by atoms with Gasteiger partial charge in [0.2, 0.25) is 11.7 Å². The zero-order valence-corrected chi connectivity index (χ0v) is 17.6. The molecule has 4 heterocycles. The summed E-state index contributed by atoms with van der Waals surface area (Å²) in [6, 6.07) is 3.96. The molecule has 2 fully saturated rings. The number of pyridine rings is 1. The van der Waals surface area contributed by atoms with Gasteiger partial charge in [0.1, 0.15) is 10.7 Å². The summed E-state index contributed by atoms with van der Waals surface area (Å²) in [4.78, 5) is 26.5. The summed E-state index contributed by atoms with van der Waals surface area (Å²) in [5.74, 6) is 2.65. The maximum atomic E-state index is 12.6. The number of hydrogen-bond acceptors (Lipinski definition) is 9. The van der Waals surface area contributed by atoms with Crippen molar-refractivity contribution >= 4 is 23.3 Å². The zero-order valence-electron chi connectivity index (χ0n) is 16.8. The van der Waals surface area contributed by atoms with Gasteiger partial charge in [-0.3, -0.25) is 4.79 Å². The number of carbonyl (C=O) groups is 1. The van der Waals surface area contributed by atoms with Crippen molar-refractivity contribution in [2.24, 2.45) is 0 Å². The van der Waals surface area contributed by atoms with Crippen LogP contribution < -0.4 is 4.90 Å². The van der Waals surface area contributed by atoms with Crippen molar-refractivity contribution in [3.8, 4) is 11.4 Å². The molecule has 0 unspecified atom stereocenters. The van der Waals surface area contributed by atoms with Gasteiger partial charge in [0, 0.05) is 43.9 Å². The van der Waals surface area contributed by atoms with Crippen LogP contribution in [-0.4, -0.2) is 61.7 Å². The predicted octanol–water partition coefficient (Wildman–Crippen LogP) is 2.91. The minimum absolute atomic E-state index is 0.0145. The Hall–Kier alpha value is -2.88. The molecular weight excluding hydrogens is 402 g/mol. The minimum atomic E-state index is 0.0145. The van der Waals surface area contributed by atoms with Crippen molar-refractivity contribution in [2.45, 2.75) is 38.5 Å². The van der Waals surface area contributed by atoms with Crippen LogP contribution in [0.4, 0.5) is 5.82 Å². The molecule has 3 aromatic rings. The summed E-state index contributed by atoms with van der Waals surface area (Å²) in [5.41, 5.74) is 1.55. The largest absolute Gasteiger partial charge is 0.353 e. The molecule has 9 nitrogen and oxygen atoms in total. The highest BCUT2D eigenvalue weighted by atomic mass is 32.1. The molecular formula is C20H23N7O2S. The lowest BCUT2D eigenvalue weighted by Gasteiger charge is -2.35. The van der Waals surface area contributed by atoms with Crippen molar-refractivity contribution in [3.63, 3.8) is 0 Å². The van der Waals surface area contributed by atoms with E-state index in [4.69, 9.17) is 4.52 Å². The molecule has 156 valence electrons. The Morgan fingerprint density at radius 1 is 1.17 bits per heavy atom. The van der Waals surface area contributed by atoms with E-state index in [-0.39, 0.29) is 5.91 Å². The van der Waals surface area contributed by atoms with Gasteiger partial charge in [0.15, 0.2) is 0 Å². The monoisotopic (exact) mass is 425 g/mol. The minimum Gasteiger partial charge on any atom is -0.353 e. The van der Waals surface area contributed by atoms with Gasteiger partial charge < -0.3 is 14.3 Å². The molecule has 0 N–H and O–H groups in total. The van der Waals surface area contributed by atoms with Gasteiger partial charge >= 0.3 is 0 Å². The van der Waals surface area contributed by atoms with E-state index in [0.717, 1.165) is 54.7 Å². The van der Waals surface area contributed by atoms with Crippen molar-refractivity contribution in [3.05, 3.63) is 34.8 Å². The molecule has 2 aliphatic rings. The van der Waals surface area contributed by atoms with Gasteiger partial charge in [-0.1, -0.05) is 22.5 Å². The summed E-state index contributed by atoms with van der Waals surface area (Å²) in [6.45, 7) is 4.58. The van der Waals surface area contributed by atoms with Gasteiger partial charge in [0.05, 0.1) is 5.69 Å². The molecule has 0 aromatic carbocycles. The summed E-state index contributed by atoms with van der Waals surface area (Å²) in [6.07, 6.45) is 6.53. The van der Waals surface area contributed by atoms with Crippen LogP contribution in [0.1, 0.15) is 52.9 Å². The third-order valence-corrected chi connectivity index (χ3v) is 6.70. The van der Waals surface area contributed by atoms with E-state index in [2.05, 4.69) is 29.6 Å². The average molecular weight is 426 g/mol. The molecule has 10 heteroatoms. The van der Waals surface area contributed by atoms with Crippen LogP contribution in [0.2, 0.25) is 0 Å². The first-order valence-electron chi connectivity index (χ1n) is 10.3. The van der Waals surface area contributed by atoms with E-state index in [1.54, 1.807) is 6.20 Å². The van der Waals surface area contributed by atoms with E-state index < -0.39 is 0 Å². The lowest BCUT2D eigenvalue weighted by Crippen LogP contribution is -2.49. The van der Waals surface area contributed by atoms with Crippen LogP contribution >= 0.6 is 11.5 Å². The molecule has 1 aliphatic heterocycles. The number of hydrogen-bond donors (Lipinski definition) is 0.